The van der Waals surface area contributed by atoms with Gasteiger partial charge in [0.15, 0.2) is 11.5 Å². The molecule has 1 aromatic rings. The molecule has 0 spiro atoms. The molecule has 2 atom stereocenters. The van der Waals surface area contributed by atoms with Gasteiger partial charge < -0.3 is 20.9 Å². The van der Waals surface area contributed by atoms with E-state index in [-0.39, 0.29) is 0 Å². The topological polar surface area (TPSA) is 67.5 Å². The van der Waals surface area contributed by atoms with E-state index in [1.807, 2.05) is 20.9 Å². The molecule has 142 valence electrons. The van der Waals surface area contributed by atoms with Crippen molar-refractivity contribution >= 4 is 0 Å². The van der Waals surface area contributed by atoms with Gasteiger partial charge in [-0.3, -0.25) is 0 Å². The maximum atomic E-state index is 9.81. The number of phenols is 1. The van der Waals surface area contributed by atoms with E-state index in [1.54, 1.807) is 6.07 Å². The van der Waals surface area contributed by atoms with E-state index in [0.29, 0.717) is 17.6 Å². The number of nitrogens with one attached hydrogen (secondary N) is 1. The smallest absolute Gasteiger partial charge is 0.164 e. The van der Waals surface area contributed by atoms with Crippen LogP contribution in [0.5, 0.6) is 11.5 Å². The van der Waals surface area contributed by atoms with Gasteiger partial charge in [-0.1, -0.05) is 19.9 Å². The number of hydrogen-bond acceptors (Lipinski definition) is 4. The van der Waals surface area contributed by atoms with Gasteiger partial charge in [-0.25, -0.2) is 0 Å². The van der Waals surface area contributed by atoms with Crippen molar-refractivity contribution in [1.29, 1.82) is 0 Å². The van der Waals surface area contributed by atoms with Crippen LogP contribution in [-0.4, -0.2) is 31.9 Å². The summed E-state index contributed by atoms with van der Waals surface area (Å²) in [6.07, 6.45) is 7.52. The number of nitrogens with two attached hydrogens (primary N) is 1. The first kappa shape index (κ1) is 20.1. The monoisotopic (exact) mass is 348 g/mol. The number of aromatic hydroxyl groups is 1. The van der Waals surface area contributed by atoms with Crippen molar-refractivity contribution < 1.29 is 9.84 Å². The molecular weight excluding hydrogens is 312 g/mol. The van der Waals surface area contributed by atoms with Crippen molar-refractivity contribution in [2.24, 2.45) is 17.6 Å². The summed E-state index contributed by atoms with van der Waals surface area (Å²) in [5.74, 6) is 3.23. The van der Waals surface area contributed by atoms with Gasteiger partial charge in [0.1, 0.15) is 0 Å². The lowest BCUT2D eigenvalue weighted by Crippen LogP contribution is -2.21. The molecule has 0 bridgehead atoms. The molecule has 4 nitrogen and oxygen atoms in total. The summed E-state index contributed by atoms with van der Waals surface area (Å²) in [5, 5.41) is 12.9. The molecule has 4 rings (SSSR count). The molecular formula is C21H36N2O2. The van der Waals surface area contributed by atoms with Crippen LogP contribution in [0.15, 0.2) is 12.1 Å². The van der Waals surface area contributed by atoms with Gasteiger partial charge in [0.05, 0.1) is 6.61 Å². The first-order valence-electron chi connectivity index (χ1n) is 10.1. The number of phenolic OH excluding ortho intramolecular Hbond substituents is 1. The van der Waals surface area contributed by atoms with Gasteiger partial charge in [0.25, 0.3) is 0 Å². The second kappa shape index (κ2) is 10.0. The van der Waals surface area contributed by atoms with E-state index in [4.69, 9.17) is 10.5 Å². The Hall–Kier alpha value is -1.26. The molecule has 4 N–H and O–H groups in total. The lowest BCUT2D eigenvalue weighted by Gasteiger charge is -2.29. The summed E-state index contributed by atoms with van der Waals surface area (Å²) in [6, 6.07) is 3.81. The molecule has 2 aliphatic carbocycles. The van der Waals surface area contributed by atoms with E-state index in [2.05, 4.69) is 11.4 Å². The van der Waals surface area contributed by atoms with Gasteiger partial charge >= 0.3 is 0 Å². The van der Waals surface area contributed by atoms with E-state index >= 15 is 0 Å². The van der Waals surface area contributed by atoms with Crippen LogP contribution < -0.4 is 15.8 Å². The summed E-state index contributed by atoms with van der Waals surface area (Å²) < 4.78 is 5.68. The lowest BCUT2D eigenvalue weighted by atomic mass is 9.74. The zero-order chi connectivity index (χ0) is 18.2. The molecule has 25 heavy (non-hydrogen) atoms. The minimum atomic E-state index is 0.297. The Labute approximate surface area is 153 Å². The predicted octanol–water partition coefficient (Wildman–Crippen LogP) is 3.81. The third kappa shape index (κ3) is 5.11. The molecule has 0 amide bonds. The Morgan fingerprint density at radius 2 is 2.00 bits per heavy atom. The number of aryl methyl sites for hydroxylation is 1. The number of ether oxygens (including phenoxy) is 1. The first-order chi connectivity index (χ1) is 12.2. The van der Waals surface area contributed by atoms with Crippen molar-refractivity contribution in [1.82, 2.24) is 5.32 Å². The average molecular weight is 349 g/mol. The van der Waals surface area contributed by atoms with Crippen LogP contribution >= 0.6 is 0 Å². The summed E-state index contributed by atoms with van der Waals surface area (Å²) in [4.78, 5) is 0. The van der Waals surface area contributed by atoms with Crippen LogP contribution in [-0.2, 0) is 6.42 Å². The predicted molar refractivity (Wildman–Crippen MR) is 104 cm³/mol. The van der Waals surface area contributed by atoms with E-state index in [0.717, 1.165) is 37.7 Å². The highest BCUT2D eigenvalue weighted by atomic mass is 16.5. The third-order valence-corrected chi connectivity index (χ3v) is 5.37. The molecule has 0 saturated heterocycles. The van der Waals surface area contributed by atoms with Crippen molar-refractivity contribution in [3.63, 3.8) is 0 Å². The Morgan fingerprint density at radius 1 is 1.24 bits per heavy atom. The zero-order valence-corrected chi connectivity index (χ0v) is 16.2. The second-order valence-electron chi connectivity index (χ2n) is 7.13. The van der Waals surface area contributed by atoms with Crippen molar-refractivity contribution in [2.75, 3.05) is 26.7 Å². The Bertz CT molecular complexity index is 529. The summed E-state index contributed by atoms with van der Waals surface area (Å²) >= 11 is 0. The van der Waals surface area contributed by atoms with Crippen LogP contribution in [0, 0.1) is 11.8 Å². The zero-order valence-electron chi connectivity index (χ0n) is 16.2. The Morgan fingerprint density at radius 3 is 2.60 bits per heavy atom. The molecule has 1 aliphatic heterocycles. The Kier molecular flexibility index (Phi) is 8.04. The summed E-state index contributed by atoms with van der Waals surface area (Å²) in [7, 11) is 2.01. The van der Waals surface area contributed by atoms with Crippen LogP contribution in [0.1, 0.15) is 63.0 Å². The van der Waals surface area contributed by atoms with E-state index < -0.39 is 0 Å². The third-order valence-electron chi connectivity index (χ3n) is 5.37. The van der Waals surface area contributed by atoms with Gasteiger partial charge in [0, 0.05) is 11.5 Å². The molecule has 1 aromatic carbocycles. The molecule has 3 aliphatic rings. The van der Waals surface area contributed by atoms with Gasteiger partial charge in [-0.05, 0) is 82.1 Å². The minimum Gasteiger partial charge on any atom is -0.504 e. The summed E-state index contributed by atoms with van der Waals surface area (Å²) in [6.45, 7) is 6.74. The minimum absolute atomic E-state index is 0.297. The normalized spacial score (nSPS) is 22.7. The van der Waals surface area contributed by atoms with Crippen molar-refractivity contribution in [2.45, 2.75) is 58.3 Å². The Balaban J connectivity index is 0.000000237. The molecule has 0 aromatic heterocycles. The fourth-order valence-electron chi connectivity index (χ4n) is 3.91. The number of rotatable bonds is 5. The highest BCUT2D eigenvalue weighted by Gasteiger charge is 2.37. The average Bonchev–Trinajstić information content (AvgIpc) is 3.35. The van der Waals surface area contributed by atoms with Gasteiger partial charge in [-0.2, -0.15) is 0 Å². The van der Waals surface area contributed by atoms with E-state index in [1.165, 1.54) is 43.4 Å². The SMILES string of the molecule is CC.CNCC1CC1.NCCCC1CCc2ccc(O)c3c2C1CO3. The highest BCUT2D eigenvalue weighted by molar-refractivity contribution is 5.55. The standard InChI is InChI=1S/C14H19NO2.C5H11N.C2H6/c15-7-1-2-9-3-4-10-5-6-12(16)14-13(10)11(9)8-17-14;1-6-4-5-2-3-5;1-2/h5-6,9,11,16H,1-4,7-8,15H2;5-6H,2-4H2,1H3;1-2H3. The van der Waals surface area contributed by atoms with Crippen LogP contribution in [0.25, 0.3) is 0 Å². The largest absolute Gasteiger partial charge is 0.504 e. The first-order valence-corrected chi connectivity index (χ1v) is 10.1. The quantitative estimate of drug-likeness (QED) is 0.757. The molecule has 1 saturated carbocycles. The lowest BCUT2D eigenvalue weighted by molar-refractivity contribution is 0.260. The summed E-state index contributed by atoms with van der Waals surface area (Å²) in [5.41, 5.74) is 8.23. The second-order valence-corrected chi connectivity index (χ2v) is 7.13. The van der Waals surface area contributed by atoms with Gasteiger partial charge in [0.2, 0.25) is 0 Å². The number of benzene rings is 1. The molecule has 1 heterocycles. The van der Waals surface area contributed by atoms with Gasteiger partial charge in [-0.15, -0.1) is 0 Å². The molecule has 1 fully saturated rings. The fourth-order valence-corrected chi connectivity index (χ4v) is 3.91. The molecule has 2 unspecified atom stereocenters. The van der Waals surface area contributed by atoms with Crippen molar-refractivity contribution in [3.05, 3.63) is 23.3 Å². The van der Waals surface area contributed by atoms with Crippen LogP contribution in [0.2, 0.25) is 0 Å². The molecule has 0 radical (unpaired) electrons. The highest BCUT2D eigenvalue weighted by Crippen LogP contribution is 2.50. The number of hydrogen-bond donors (Lipinski definition) is 3. The van der Waals surface area contributed by atoms with E-state index in [9.17, 15) is 5.11 Å². The maximum Gasteiger partial charge on any atom is 0.164 e. The van der Waals surface area contributed by atoms with Crippen molar-refractivity contribution in [3.8, 4) is 11.5 Å². The fraction of sp³-hybridized carbons (Fsp3) is 0.714. The van der Waals surface area contributed by atoms with Crippen LogP contribution in [0.4, 0.5) is 0 Å². The van der Waals surface area contributed by atoms with Crippen LogP contribution in [0.3, 0.4) is 0 Å². The molecule has 4 heteroatoms. The maximum absolute atomic E-state index is 9.81.